The summed E-state index contributed by atoms with van der Waals surface area (Å²) in [6, 6.07) is 17.1. The predicted octanol–water partition coefficient (Wildman–Crippen LogP) is 8.35. The molecule has 0 unspecified atom stereocenters. The number of carbonyl (C=O) groups excluding carboxylic acids is 1. The van der Waals surface area contributed by atoms with Gasteiger partial charge in [0.25, 0.3) is 0 Å². The molecule has 4 nitrogen and oxygen atoms in total. The van der Waals surface area contributed by atoms with Gasteiger partial charge in [0.2, 0.25) is 5.88 Å². The maximum Gasteiger partial charge on any atom is 0.224 e. The fraction of sp³-hybridized carbons (Fsp3) is 0.267. The molecule has 1 heterocycles. The molecule has 4 rings (SSSR count). The second kappa shape index (κ2) is 11.9. The van der Waals surface area contributed by atoms with Gasteiger partial charge in [-0.05, 0) is 41.1 Å². The van der Waals surface area contributed by atoms with Gasteiger partial charge in [-0.1, -0.05) is 41.5 Å². The van der Waals surface area contributed by atoms with Gasteiger partial charge in [0.15, 0.2) is 5.78 Å². The van der Waals surface area contributed by atoms with Gasteiger partial charge in [0.05, 0.1) is 0 Å². The molecule has 3 aromatic carbocycles. The van der Waals surface area contributed by atoms with Crippen LogP contribution in [0.25, 0.3) is 21.5 Å². The number of ketones is 1. The topological polar surface area (TPSA) is 59.4 Å². The van der Waals surface area contributed by atoms with Crippen molar-refractivity contribution in [1.29, 1.82) is 0 Å². The molecule has 0 amide bonds. The van der Waals surface area contributed by atoms with E-state index >= 15 is 0 Å². The van der Waals surface area contributed by atoms with Crippen LogP contribution in [-0.4, -0.2) is 15.9 Å². The number of ether oxygens (including phenoxy) is 1. The number of carbonyl (C=O) groups is 1. The van der Waals surface area contributed by atoms with Crippen LogP contribution in [0.2, 0.25) is 0 Å². The Bertz CT molecular complexity index is 1420. The first-order chi connectivity index (χ1) is 16.8. The van der Waals surface area contributed by atoms with E-state index in [-0.39, 0.29) is 42.9 Å². The quantitative estimate of drug-likeness (QED) is 0.102. The van der Waals surface area contributed by atoms with Crippen LogP contribution >= 0.6 is 0 Å². The number of rotatable bonds is 3. The van der Waals surface area contributed by atoms with E-state index in [4.69, 9.17) is 4.74 Å². The third-order valence-corrected chi connectivity index (χ3v) is 5.42. The number of aliphatic hydroxyl groups excluding tert-OH is 1. The van der Waals surface area contributed by atoms with Gasteiger partial charge < -0.3 is 9.84 Å². The summed E-state index contributed by atoms with van der Waals surface area (Å²) < 4.78 is 33.6. The molecule has 1 aromatic heterocycles. The largest absolute Gasteiger partial charge is 0.512 e. The van der Waals surface area contributed by atoms with Crippen molar-refractivity contribution in [2.45, 2.75) is 41.5 Å². The number of fused-ring (bicyclic) bond motifs is 3. The molecule has 7 heteroatoms. The zero-order valence-electron chi connectivity index (χ0n) is 21.7. The summed E-state index contributed by atoms with van der Waals surface area (Å²) in [7, 11) is 0. The molecular weight excluding hydrogens is 653 g/mol. The second-order valence-corrected chi connectivity index (χ2v) is 10.5. The molecule has 0 atom stereocenters. The minimum absolute atomic E-state index is 0. The fourth-order valence-corrected chi connectivity index (χ4v) is 3.16. The van der Waals surface area contributed by atoms with Crippen molar-refractivity contribution in [2.24, 2.45) is 10.8 Å². The van der Waals surface area contributed by atoms with Gasteiger partial charge in [-0.25, -0.2) is 13.8 Å². The first kappa shape index (κ1) is 30.1. The van der Waals surface area contributed by atoms with Gasteiger partial charge in [-0.15, -0.1) is 12.1 Å². The molecule has 0 saturated heterocycles. The van der Waals surface area contributed by atoms with Gasteiger partial charge in [-0.2, -0.15) is 18.2 Å². The summed E-state index contributed by atoms with van der Waals surface area (Å²) >= 11 is 0. The summed E-state index contributed by atoms with van der Waals surface area (Å²) in [5.74, 6) is -0.0166. The zero-order chi connectivity index (χ0) is 26.7. The minimum atomic E-state index is -0.442. The number of hydrogen-bond donors (Lipinski definition) is 1. The van der Waals surface area contributed by atoms with Gasteiger partial charge in [0, 0.05) is 59.7 Å². The van der Waals surface area contributed by atoms with E-state index in [1.54, 1.807) is 24.4 Å². The Labute approximate surface area is 229 Å². The van der Waals surface area contributed by atoms with Gasteiger partial charge in [0.1, 0.15) is 17.4 Å². The number of hydrogen-bond acceptors (Lipinski definition) is 4. The summed E-state index contributed by atoms with van der Waals surface area (Å²) in [5.41, 5.74) is -0.764. The van der Waals surface area contributed by atoms with E-state index in [0.29, 0.717) is 27.3 Å². The number of allylic oxidation sites excluding steroid dienone is 2. The third kappa shape index (κ3) is 7.67. The molecule has 0 spiro atoms. The molecule has 0 fully saturated rings. The van der Waals surface area contributed by atoms with E-state index in [1.807, 2.05) is 53.7 Å². The van der Waals surface area contributed by atoms with Crippen molar-refractivity contribution in [3.05, 3.63) is 90.3 Å². The second-order valence-electron chi connectivity index (χ2n) is 10.5. The number of pyridine rings is 1. The van der Waals surface area contributed by atoms with Crippen LogP contribution < -0.4 is 4.74 Å². The summed E-state index contributed by atoms with van der Waals surface area (Å²) in [6.07, 6.45) is 2.89. The van der Waals surface area contributed by atoms with Crippen molar-refractivity contribution in [3.63, 3.8) is 0 Å². The Morgan fingerprint density at radius 1 is 0.919 bits per heavy atom. The molecular formula is C30H30F2IrNO3-. The van der Waals surface area contributed by atoms with Crippen LogP contribution in [0.5, 0.6) is 11.6 Å². The van der Waals surface area contributed by atoms with Crippen molar-refractivity contribution >= 4 is 27.3 Å². The maximum atomic E-state index is 14.4. The van der Waals surface area contributed by atoms with Gasteiger partial charge >= 0.3 is 0 Å². The molecule has 197 valence electrons. The SMILES string of the molecule is CC(C)(C)C(=O)/C=C(\O)C(C)(C)C.Fc1ccc2c(F)cc3c(Oc4[c-]cccc4)nccc3c2c1.[Ir]. The monoisotopic (exact) mass is 683 g/mol. The summed E-state index contributed by atoms with van der Waals surface area (Å²) in [4.78, 5) is 15.7. The van der Waals surface area contributed by atoms with Crippen LogP contribution in [0.4, 0.5) is 8.78 Å². The molecule has 0 aliphatic heterocycles. The molecule has 0 aliphatic carbocycles. The molecule has 0 aliphatic rings. The number of aromatic nitrogens is 1. The van der Waals surface area contributed by atoms with E-state index in [1.165, 1.54) is 30.3 Å². The summed E-state index contributed by atoms with van der Waals surface area (Å²) in [6.45, 7) is 11.1. The molecule has 37 heavy (non-hydrogen) atoms. The van der Waals surface area contributed by atoms with E-state index in [2.05, 4.69) is 11.1 Å². The van der Waals surface area contributed by atoms with E-state index in [0.717, 1.165) is 0 Å². The number of halogens is 2. The molecule has 4 aromatic rings. The average Bonchev–Trinajstić information content (AvgIpc) is 2.79. The first-order valence-electron chi connectivity index (χ1n) is 11.5. The van der Waals surface area contributed by atoms with E-state index < -0.39 is 17.0 Å². The minimum Gasteiger partial charge on any atom is -0.512 e. The molecule has 0 bridgehead atoms. The van der Waals surface area contributed by atoms with Crippen molar-refractivity contribution in [3.8, 4) is 11.6 Å². The number of para-hydroxylation sites is 1. The number of aliphatic hydroxyl groups is 1. The van der Waals surface area contributed by atoms with Crippen LogP contribution in [0.1, 0.15) is 41.5 Å². The molecule has 1 N–H and O–H groups in total. The Morgan fingerprint density at radius 3 is 2.22 bits per heavy atom. The van der Waals surface area contributed by atoms with Crippen LogP contribution in [0.3, 0.4) is 0 Å². The Balaban J connectivity index is 0.000000299. The Hall–Kier alpha value is -3.15. The van der Waals surface area contributed by atoms with Crippen molar-refractivity contribution in [2.75, 3.05) is 0 Å². The fourth-order valence-electron chi connectivity index (χ4n) is 3.16. The van der Waals surface area contributed by atoms with Crippen LogP contribution in [0, 0.1) is 28.5 Å². The van der Waals surface area contributed by atoms with E-state index in [9.17, 15) is 18.7 Å². The van der Waals surface area contributed by atoms with Crippen LogP contribution in [0.15, 0.2) is 72.6 Å². The Kier molecular flexibility index (Phi) is 9.70. The average molecular weight is 683 g/mol. The molecule has 1 radical (unpaired) electrons. The number of nitrogens with zero attached hydrogens (tertiary/aromatic N) is 1. The van der Waals surface area contributed by atoms with Crippen LogP contribution in [-0.2, 0) is 24.9 Å². The number of benzene rings is 3. The molecule has 0 saturated carbocycles. The normalized spacial score (nSPS) is 11.9. The van der Waals surface area contributed by atoms with Gasteiger partial charge in [-0.3, -0.25) is 4.79 Å². The standard InChI is InChI=1S/C19H10F2NO.C11H20O2.Ir/c20-12-6-7-15-16(10-12)14-8-9-22-19(17(14)11-18(15)21)23-13-4-2-1-3-5-13;1-10(2,3)8(12)7-9(13)11(4,5)6;/h1-4,6-11H;7,12H,1-6H3;/q-1;;/b;8-7-;. The predicted molar refractivity (Wildman–Crippen MR) is 139 cm³/mol. The first-order valence-corrected chi connectivity index (χ1v) is 11.5. The van der Waals surface area contributed by atoms with Crippen molar-refractivity contribution in [1.82, 2.24) is 4.98 Å². The maximum absolute atomic E-state index is 14.4. The zero-order valence-corrected chi connectivity index (χ0v) is 24.0. The smallest absolute Gasteiger partial charge is 0.224 e. The Morgan fingerprint density at radius 2 is 1.62 bits per heavy atom. The third-order valence-electron chi connectivity index (χ3n) is 5.42. The summed E-state index contributed by atoms with van der Waals surface area (Å²) in [5, 5.41) is 11.6. The van der Waals surface area contributed by atoms with Crippen molar-refractivity contribution < 1.29 is 43.5 Å².